The molecule has 29 heavy (non-hydrogen) atoms. The predicted octanol–water partition coefficient (Wildman–Crippen LogP) is 3.58. The van der Waals surface area contributed by atoms with Gasteiger partial charge in [0.1, 0.15) is 5.82 Å². The maximum absolute atomic E-state index is 13.0. The summed E-state index contributed by atoms with van der Waals surface area (Å²) in [6.45, 7) is 5.77. The standard InChI is InChI=1S/C23H27N5O/c1-3-24-23-27-17(2)16-20(28-23)25-14-15-26-22(29)21(18-10-6-4-7-11-18)19-12-8-5-9-13-19/h4-13,16,21H,3,14-15H2,1-2H3,(H,26,29)(H2,24,25,27,28). The van der Waals surface area contributed by atoms with Crippen LogP contribution >= 0.6 is 0 Å². The van der Waals surface area contributed by atoms with Gasteiger partial charge in [-0.15, -0.1) is 0 Å². The molecule has 3 aromatic rings. The number of nitrogens with one attached hydrogen (secondary N) is 3. The van der Waals surface area contributed by atoms with Crippen molar-refractivity contribution in [3.63, 3.8) is 0 Å². The van der Waals surface area contributed by atoms with Gasteiger partial charge in [0.05, 0.1) is 5.92 Å². The van der Waals surface area contributed by atoms with Crippen LogP contribution in [0.25, 0.3) is 0 Å². The van der Waals surface area contributed by atoms with E-state index in [-0.39, 0.29) is 11.8 Å². The van der Waals surface area contributed by atoms with Crippen LogP contribution < -0.4 is 16.0 Å². The van der Waals surface area contributed by atoms with Crippen LogP contribution in [0.3, 0.4) is 0 Å². The molecule has 1 heterocycles. The monoisotopic (exact) mass is 389 g/mol. The Hall–Kier alpha value is -3.41. The highest BCUT2D eigenvalue weighted by atomic mass is 16.1. The highest BCUT2D eigenvalue weighted by molar-refractivity contribution is 5.87. The lowest BCUT2D eigenvalue weighted by Gasteiger charge is -2.18. The molecule has 1 amide bonds. The third kappa shape index (κ3) is 5.78. The molecule has 3 N–H and O–H groups in total. The number of nitrogens with zero attached hydrogens (tertiary/aromatic N) is 2. The van der Waals surface area contributed by atoms with E-state index in [1.165, 1.54) is 0 Å². The molecule has 0 atom stereocenters. The van der Waals surface area contributed by atoms with Crippen molar-refractivity contribution in [3.8, 4) is 0 Å². The number of benzene rings is 2. The van der Waals surface area contributed by atoms with Gasteiger partial charge in [0.2, 0.25) is 11.9 Å². The smallest absolute Gasteiger partial charge is 0.232 e. The highest BCUT2D eigenvalue weighted by Crippen LogP contribution is 2.24. The Labute approximate surface area is 171 Å². The van der Waals surface area contributed by atoms with E-state index in [4.69, 9.17) is 0 Å². The summed E-state index contributed by atoms with van der Waals surface area (Å²) in [6, 6.07) is 21.6. The summed E-state index contributed by atoms with van der Waals surface area (Å²) in [4.78, 5) is 21.7. The molecule has 0 aliphatic rings. The van der Waals surface area contributed by atoms with Crippen LogP contribution in [0.4, 0.5) is 11.8 Å². The van der Waals surface area contributed by atoms with Gasteiger partial charge in [-0.1, -0.05) is 60.7 Å². The van der Waals surface area contributed by atoms with Crippen LogP contribution in [0.15, 0.2) is 66.7 Å². The van der Waals surface area contributed by atoms with Gasteiger partial charge in [0.15, 0.2) is 0 Å². The Kier molecular flexibility index (Phi) is 7.16. The number of hydrogen-bond donors (Lipinski definition) is 3. The van der Waals surface area contributed by atoms with Crippen molar-refractivity contribution in [3.05, 3.63) is 83.6 Å². The minimum Gasteiger partial charge on any atom is -0.368 e. The van der Waals surface area contributed by atoms with Crippen molar-refractivity contribution in [2.45, 2.75) is 19.8 Å². The van der Waals surface area contributed by atoms with Crippen LogP contribution in [0.5, 0.6) is 0 Å². The molecule has 0 spiro atoms. The number of hydrogen-bond acceptors (Lipinski definition) is 5. The second-order valence-corrected chi connectivity index (χ2v) is 6.72. The summed E-state index contributed by atoms with van der Waals surface area (Å²) in [7, 11) is 0. The fourth-order valence-electron chi connectivity index (χ4n) is 3.16. The van der Waals surface area contributed by atoms with Crippen LogP contribution in [0.1, 0.15) is 29.7 Å². The van der Waals surface area contributed by atoms with Crippen molar-refractivity contribution in [2.24, 2.45) is 0 Å². The molecule has 0 saturated carbocycles. The molecular weight excluding hydrogens is 362 g/mol. The van der Waals surface area contributed by atoms with E-state index in [2.05, 4.69) is 25.9 Å². The molecule has 150 valence electrons. The van der Waals surface area contributed by atoms with Gasteiger partial charge < -0.3 is 16.0 Å². The molecule has 0 fully saturated rings. The van der Waals surface area contributed by atoms with E-state index in [0.717, 1.165) is 29.2 Å². The lowest BCUT2D eigenvalue weighted by Crippen LogP contribution is -2.33. The quantitative estimate of drug-likeness (QED) is 0.488. The Morgan fingerprint density at radius 2 is 1.52 bits per heavy atom. The second-order valence-electron chi connectivity index (χ2n) is 6.72. The van der Waals surface area contributed by atoms with Crippen molar-refractivity contribution in [2.75, 3.05) is 30.3 Å². The summed E-state index contributed by atoms with van der Waals surface area (Å²) >= 11 is 0. The van der Waals surface area contributed by atoms with E-state index in [1.807, 2.05) is 80.6 Å². The van der Waals surface area contributed by atoms with Gasteiger partial charge in [0.25, 0.3) is 0 Å². The highest BCUT2D eigenvalue weighted by Gasteiger charge is 2.21. The Morgan fingerprint density at radius 1 is 0.897 bits per heavy atom. The summed E-state index contributed by atoms with van der Waals surface area (Å²) in [5.74, 6) is 0.994. The number of carbonyl (C=O) groups excluding carboxylic acids is 1. The van der Waals surface area contributed by atoms with Crippen LogP contribution in [0, 0.1) is 6.92 Å². The van der Waals surface area contributed by atoms with Gasteiger partial charge in [-0.2, -0.15) is 4.98 Å². The summed E-state index contributed by atoms with van der Waals surface area (Å²) < 4.78 is 0. The van der Waals surface area contributed by atoms with Crippen LogP contribution in [-0.4, -0.2) is 35.5 Å². The molecule has 6 heteroatoms. The third-order valence-corrected chi connectivity index (χ3v) is 4.45. The summed E-state index contributed by atoms with van der Waals surface area (Å²) in [5.41, 5.74) is 2.84. The second kappa shape index (κ2) is 10.2. The number of aromatic nitrogens is 2. The van der Waals surface area contributed by atoms with Gasteiger partial charge in [-0.3, -0.25) is 4.79 Å². The zero-order chi connectivity index (χ0) is 20.5. The van der Waals surface area contributed by atoms with E-state index in [0.29, 0.717) is 19.0 Å². The predicted molar refractivity (Wildman–Crippen MR) is 117 cm³/mol. The van der Waals surface area contributed by atoms with E-state index >= 15 is 0 Å². The fraction of sp³-hybridized carbons (Fsp3) is 0.261. The molecule has 2 aromatic carbocycles. The molecular formula is C23H27N5O. The molecule has 0 saturated heterocycles. The topological polar surface area (TPSA) is 78.9 Å². The molecule has 0 unspecified atom stereocenters. The maximum Gasteiger partial charge on any atom is 0.232 e. The number of rotatable bonds is 9. The van der Waals surface area contributed by atoms with Gasteiger partial charge >= 0.3 is 0 Å². The third-order valence-electron chi connectivity index (χ3n) is 4.45. The Balaban J connectivity index is 1.61. The number of aryl methyl sites for hydroxylation is 1. The first kappa shape index (κ1) is 20.3. The van der Waals surface area contributed by atoms with Gasteiger partial charge in [-0.25, -0.2) is 4.98 Å². The lowest BCUT2D eigenvalue weighted by molar-refractivity contribution is -0.121. The van der Waals surface area contributed by atoms with E-state index < -0.39 is 0 Å². The zero-order valence-corrected chi connectivity index (χ0v) is 16.9. The molecule has 6 nitrogen and oxygen atoms in total. The van der Waals surface area contributed by atoms with E-state index in [1.54, 1.807) is 0 Å². The first-order chi connectivity index (χ1) is 14.2. The zero-order valence-electron chi connectivity index (χ0n) is 16.9. The van der Waals surface area contributed by atoms with Gasteiger partial charge in [0, 0.05) is 31.4 Å². The molecule has 1 aromatic heterocycles. The minimum atomic E-state index is -0.334. The number of amides is 1. The normalized spacial score (nSPS) is 10.6. The molecule has 0 aliphatic heterocycles. The SMILES string of the molecule is CCNc1nc(C)cc(NCCNC(=O)C(c2ccccc2)c2ccccc2)n1. The lowest BCUT2D eigenvalue weighted by atomic mass is 9.90. The van der Waals surface area contributed by atoms with Crippen molar-refractivity contribution < 1.29 is 4.79 Å². The molecule has 0 aliphatic carbocycles. The fourth-order valence-corrected chi connectivity index (χ4v) is 3.16. The average Bonchev–Trinajstić information content (AvgIpc) is 2.73. The van der Waals surface area contributed by atoms with Crippen LogP contribution in [-0.2, 0) is 4.79 Å². The number of anilines is 2. The number of carbonyl (C=O) groups is 1. The van der Waals surface area contributed by atoms with E-state index in [9.17, 15) is 4.79 Å². The molecule has 3 rings (SSSR count). The first-order valence-corrected chi connectivity index (χ1v) is 9.88. The average molecular weight is 390 g/mol. The van der Waals surface area contributed by atoms with Crippen molar-refractivity contribution >= 4 is 17.7 Å². The molecule has 0 radical (unpaired) electrons. The maximum atomic E-state index is 13.0. The molecule has 0 bridgehead atoms. The van der Waals surface area contributed by atoms with Crippen molar-refractivity contribution in [1.82, 2.24) is 15.3 Å². The Bertz CT molecular complexity index is 876. The first-order valence-electron chi connectivity index (χ1n) is 9.88. The summed E-state index contributed by atoms with van der Waals surface area (Å²) in [6.07, 6.45) is 0. The van der Waals surface area contributed by atoms with Gasteiger partial charge in [-0.05, 0) is 25.0 Å². The minimum absolute atomic E-state index is 0.0172. The van der Waals surface area contributed by atoms with Crippen LogP contribution in [0.2, 0.25) is 0 Å². The van der Waals surface area contributed by atoms with Crippen molar-refractivity contribution in [1.29, 1.82) is 0 Å². The Morgan fingerprint density at radius 3 is 2.10 bits per heavy atom. The largest absolute Gasteiger partial charge is 0.368 e. The summed E-state index contributed by atoms with van der Waals surface area (Å²) in [5, 5.41) is 9.41.